The highest BCUT2D eigenvalue weighted by molar-refractivity contribution is 6.45. The van der Waals surface area contributed by atoms with Crippen molar-refractivity contribution in [2.45, 2.75) is 11.8 Å². The van der Waals surface area contributed by atoms with Crippen molar-refractivity contribution in [1.29, 1.82) is 0 Å². The van der Waals surface area contributed by atoms with Gasteiger partial charge < -0.3 is 4.74 Å². The highest BCUT2D eigenvalue weighted by atomic mass is 35.5. The van der Waals surface area contributed by atoms with Gasteiger partial charge >= 0.3 is 0 Å². The Morgan fingerprint density at radius 2 is 2.15 bits per heavy atom. The zero-order valence-electron chi connectivity index (χ0n) is 7.38. The Morgan fingerprint density at radius 3 is 2.62 bits per heavy atom. The van der Waals surface area contributed by atoms with E-state index in [-0.39, 0.29) is 11.5 Å². The molecule has 1 aliphatic carbocycles. The lowest BCUT2D eigenvalue weighted by Gasteiger charge is -2.26. The number of carbonyl (C=O) groups is 1. The van der Waals surface area contributed by atoms with Gasteiger partial charge in [0.05, 0.1) is 7.11 Å². The first-order valence-electron chi connectivity index (χ1n) is 3.78. The van der Waals surface area contributed by atoms with Crippen LogP contribution in [0.5, 0.6) is 0 Å². The molecule has 0 fully saturated rings. The molecule has 0 amide bonds. The molecule has 0 spiro atoms. The lowest BCUT2D eigenvalue weighted by atomic mass is 9.87. The van der Waals surface area contributed by atoms with Gasteiger partial charge in [0.15, 0.2) is 5.76 Å². The van der Waals surface area contributed by atoms with Gasteiger partial charge in [0.2, 0.25) is 5.78 Å². The highest BCUT2D eigenvalue weighted by Gasteiger charge is 2.31. The molecule has 72 valence electrons. The third-order valence-electron chi connectivity index (χ3n) is 1.97. The van der Waals surface area contributed by atoms with Gasteiger partial charge in [-0.15, -0.1) is 23.2 Å². The minimum absolute atomic E-state index is 0.158. The standard InChI is InChI=1S/C9H10Cl2O2/c1-9(8(10)11)4-3-6(12)7(5-9)13-2/h3-5,8H,1-2H3. The molecule has 1 atom stereocenters. The fourth-order valence-corrected chi connectivity index (χ4v) is 1.31. The van der Waals surface area contributed by atoms with Crippen molar-refractivity contribution in [3.05, 3.63) is 24.0 Å². The Balaban J connectivity index is 3.00. The molecule has 1 rings (SSSR count). The number of carbonyl (C=O) groups excluding carboxylic acids is 1. The first-order chi connectivity index (χ1) is 5.99. The van der Waals surface area contributed by atoms with Gasteiger partial charge in [-0.25, -0.2) is 0 Å². The van der Waals surface area contributed by atoms with Gasteiger partial charge in [-0.05, 0) is 19.1 Å². The number of ether oxygens (including phenoxy) is 1. The summed E-state index contributed by atoms with van der Waals surface area (Å²) in [6, 6.07) is 0. The molecule has 0 aromatic heterocycles. The minimum atomic E-state index is -0.595. The van der Waals surface area contributed by atoms with E-state index in [1.165, 1.54) is 13.2 Å². The fraction of sp³-hybridized carbons (Fsp3) is 0.444. The van der Waals surface area contributed by atoms with Crippen LogP contribution in [0.4, 0.5) is 0 Å². The molecule has 2 nitrogen and oxygen atoms in total. The monoisotopic (exact) mass is 220 g/mol. The summed E-state index contributed by atoms with van der Waals surface area (Å²) < 4.78 is 4.89. The number of hydrogen-bond acceptors (Lipinski definition) is 2. The van der Waals surface area contributed by atoms with E-state index in [1.54, 1.807) is 12.2 Å². The fourth-order valence-electron chi connectivity index (χ4n) is 1.03. The van der Waals surface area contributed by atoms with E-state index in [0.29, 0.717) is 0 Å². The summed E-state index contributed by atoms with van der Waals surface area (Å²) in [5.41, 5.74) is -0.525. The smallest absolute Gasteiger partial charge is 0.219 e. The Kier molecular flexibility index (Phi) is 3.04. The molecule has 0 saturated carbocycles. The number of halogens is 2. The summed E-state index contributed by atoms with van der Waals surface area (Å²) in [7, 11) is 1.45. The van der Waals surface area contributed by atoms with E-state index < -0.39 is 10.3 Å². The molecule has 0 aliphatic heterocycles. The number of hydrogen-bond donors (Lipinski definition) is 0. The van der Waals surface area contributed by atoms with Gasteiger partial charge in [-0.1, -0.05) is 6.08 Å². The van der Waals surface area contributed by atoms with Gasteiger partial charge in [0, 0.05) is 5.41 Å². The first-order valence-corrected chi connectivity index (χ1v) is 4.65. The number of alkyl halides is 2. The maximum atomic E-state index is 11.2. The SMILES string of the molecule is COC1=CC(C)(C(Cl)Cl)C=CC1=O. The van der Waals surface area contributed by atoms with Crippen LogP contribution in [0, 0.1) is 5.41 Å². The third-order valence-corrected chi connectivity index (χ3v) is 2.91. The summed E-state index contributed by atoms with van der Waals surface area (Å²) in [4.78, 5) is 10.6. The summed E-state index contributed by atoms with van der Waals surface area (Å²) in [5.74, 6) is 0.130. The van der Waals surface area contributed by atoms with Crippen molar-refractivity contribution >= 4 is 29.0 Å². The predicted molar refractivity (Wildman–Crippen MR) is 52.8 cm³/mol. The third kappa shape index (κ3) is 2.06. The summed E-state index contributed by atoms with van der Waals surface area (Å²) in [5, 5.41) is 0. The zero-order chi connectivity index (χ0) is 10.1. The number of ketones is 1. The number of methoxy groups -OCH3 is 1. The molecular weight excluding hydrogens is 211 g/mol. The van der Waals surface area contributed by atoms with E-state index in [0.717, 1.165) is 0 Å². The van der Waals surface area contributed by atoms with Gasteiger partial charge in [0.25, 0.3) is 0 Å². The second-order valence-electron chi connectivity index (χ2n) is 3.08. The molecule has 1 unspecified atom stereocenters. The topological polar surface area (TPSA) is 26.3 Å². The van der Waals surface area contributed by atoms with E-state index in [9.17, 15) is 4.79 Å². The van der Waals surface area contributed by atoms with Crippen LogP contribution < -0.4 is 0 Å². The molecule has 0 heterocycles. The number of allylic oxidation sites excluding steroid dienone is 3. The summed E-state index contributed by atoms with van der Waals surface area (Å²) in [6.07, 6.45) is 4.75. The van der Waals surface area contributed by atoms with Crippen LogP contribution in [-0.4, -0.2) is 17.7 Å². The molecule has 0 aromatic carbocycles. The normalized spacial score (nSPS) is 27.8. The van der Waals surface area contributed by atoms with Crippen LogP contribution >= 0.6 is 23.2 Å². The average Bonchev–Trinajstić information content (AvgIpc) is 2.09. The van der Waals surface area contributed by atoms with Crippen molar-refractivity contribution in [2.75, 3.05) is 7.11 Å². The zero-order valence-corrected chi connectivity index (χ0v) is 8.89. The molecule has 0 saturated heterocycles. The second kappa shape index (κ2) is 3.72. The van der Waals surface area contributed by atoms with Crippen molar-refractivity contribution in [3.8, 4) is 0 Å². The molecule has 0 aromatic rings. The van der Waals surface area contributed by atoms with Crippen molar-refractivity contribution in [2.24, 2.45) is 5.41 Å². The lowest BCUT2D eigenvalue weighted by molar-refractivity contribution is -0.114. The van der Waals surface area contributed by atoms with Gasteiger partial charge in [-0.3, -0.25) is 4.79 Å². The van der Waals surface area contributed by atoms with Crippen LogP contribution in [0.3, 0.4) is 0 Å². The average molecular weight is 221 g/mol. The van der Waals surface area contributed by atoms with E-state index in [2.05, 4.69) is 0 Å². The van der Waals surface area contributed by atoms with E-state index in [1.807, 2.05) is 6.92 Å². The van der Waals surface area contributed by atoms with E-state index >= 15 is 0 Å². The van der Waals surface area contributed by atoms with Gasteiger partial charge in [0.1, 0.15) is 4.84 Å². The predicted octanol–water partition coefficient (Wildman–Crippen LogP) is 2.47. The Hall–Kier alpha value is -0.470. The molecule has 13 heavy (non-hydrogen) atoms. The quantitative estimate of drug-likeness (QED) is 0.669. The van der Waals surface area contributed by atoms with Crippen molar-refractivity contribution in [1.82, 2.24) is 0 Å². The molecular formula is C9H10Cl2O2. The molecule has 0 bridgehead atoms. The second-order valence-corrected chi connectivity index (χ2v) is 4.17. The minimum Gasteiger partial charge on any atom is -0.493 e. The van der Waals surface area contributed by atoms with Crippen LogP contribution in [0.25, 0.3) is 0 Å². The van der Waals surface area contributed by atoms with E-state index in [4.69, 9.17) is 27.9 Å². The van der Waals surface area contributed by atoms with Crippen LogP contribution in [0.2, 0.25) is 0 Å². The largest absolute Gasteiger partial charge is 0.493 e. The highest BCUT2D eigenvalue weighted by Crippen LogP contribution is 2.36. The molecule has 4 heteroatoms. The van der Waals surface area contributed by atoms with Gasteiger partial charge in [-0.2, -0.15) is 0 Å². The molecule has 0 radical (unpaired) electrons. The Labute approximate surface area is 87.2 Å². The van der Waals surface area contributed by atoms with Crippen LogP contribution in [0.15, 0.2) is 24.0 Å². The van der Waals surface area contributed by atoms with Crippen molar-refractivity contribution in [3.63, 3.8) is 0 Å². The molecule has 1 aliphatic rings. The first kappa shape index (κ1) is 10.6. The molecule has 0 N–H and O–H groups in total. The lowest BCUT2D eigenvalue weighted by Crippen LogP contribution is -2.24. The Morgan fingerprint density at radius 1 is 1.54 bits per heavy atom. The maximum Gasteiger partial charge on any atom is 0.219 e. The number of rotatable bonds is 2. The van der Waals surface area contributed by atoms with Crippen molar-refractivity contribution < 1.29 is 9.53 Å². The van der Waals surface area contributed by atoms with Crippen LogP contribution in [0.1, 0.15) is 6.92 Å². The summed E-state index contributed by atoms with van der Waals surface area (Å²) in [6.45, 7) is 1.83. The summed E-state index contributed by atoms with van der Waals surface area (Å²) >= 11 is 11.5. The van der Waals surface area contributed by atoms with Crippen LogP contribution in [-0.2, 0) is 9.53 Å². The Bertz CT molecular complexity index is 281. The maximum absolute atomic E-state index is 11.2.